The lowest BCUT2D eigenvalue weighted by Crippen LogP contribution is -2.36. The second kappa shape index (κ2) is 5.85. The van der Waals surface area contributed by atoms with Crippen LogP contribution in [-0.4, -0.2) is 38.9 Å². The van der Waals surface area contributed by atoms with E-state index in [0.29, 0.717) is 23.7 Å². The molecular formula is C15H23N3O2S. The molecule has 0 saturated carbocycles. The monoisotopic (exact) mass is 309 g/mol. The van der Waals surface area contributed by atoms with Crippen molar-refractivity contribution in [2.75, 3.05) is 36.8 Å². The van der Waals surface area contributed by atoms with Crippen LogP contribution in [-0.2, 0) is 10.0 Å². The number of piperidine rings is 1. The van der Waals surface area contributed by atoms with Gasteiger partial charge in [0, 0.05) is 31.9 Å². The van der Waals surface area contributed by atoms with Gasteiger partial charge >= 0.3 is 0 Å². The Kier molecular flexibility index (Phi) is 4.08. The third-order valence-electron chi connectivity index (χ3n) is 4.36. The maximum absolute atomic E-state index is 13.0. The Balaban J connectivity index is 2.01. The fourth-order valence-corrected chi connectivity index (χ4v) is 4.96. The number of sulfonamides is 1. The molecule has 2 fully saturated rings. The molecule has 2 aliphatic rings. The number of hydrogen-bond acceptors (Lipinski definition) is 4. The van der Waals surface area contributed by atoms with Gasteiger partial charge in [-0.25, -0.2) is 8.42 Å². The highest BCUT2D eigenvalue weighted by atomic mass is 32.2. The molecule has 2 aliphatic heterocycles. The highest BCUT2D eigenvalue weighted by molar-refractivity contribution is 7.89. The zero-order valence-electron chi connectivity index (χ0n) is 12.3. The number of nitrogens with two attached hydrogens (primary N) is 1. The molecule has 0 bridgehead atoms. The summed E-state index contributed by atoms with van der Waals surface area (Å²) in [5.74, 6) is 0. The van der Waals surface area contributed by atoms with Crippen LogP contribution in [0, 0.1) is 0 Å². The van der Waals surface area contributed by atoms with Gasteiger partial charge in [0.2, 0.25) is 10.0 Å². The first-order chi connectivity index (χ1) is 10.1. The predicted molar refractivity (Wildman–Crippen MR) is 84.9 cm³/mol. The first kappa shape index (κ1) is 14.7. The predicted octanol–water partition coefficient (Wildman–Crippen LogP) is 2.04. The molecule has 0 atom stereocenters. The van der Waals surface area contributed by atoms with E-state index in [4.69, 9.17) is 5.73 Å². The van der Waals surface area contributed by atoms with Crippen LogP contribution < -0.4 is 10.6 Å². The highest BCUT2D eigenvalue weighted by Crippen LogP contribution is 2.33. The Morgan fingerprint density at radius 2 is 1.52 bits per heavy atom. The van der Waals surface area contributed by atoms with Crippen molar-refractivity contribution in [1.82, 2.24) is 4.31 Å². The lowest BCUT2D eigenvalue weighted by Gasteiger charge is -2.29. The molecule has 0 aliphatic carbocycles. The summed E-state index contributed by atoms with van der Waals surface area (Å²) >= 11 is 0. The molecule has 2 saturated heterocycles. The number of anilines is 2. The molecule has 0 radical (unpaired) electrons. The van der Waals surface area contributed by atoms with E-state index in [2.05, 4.69) is 4.90 Å². The van der Waals surface area contributed by atoms with E-state index >= 15 is 0 Å². The fourth-order valence-electron chi connectivity index (χ4n) is 3.20. The molecule has 3 rings (SSSR count). The standard InChI is InChI=1S/C15H23N3O2S/c16-13-6-7-14(17-8-4-5-9-17)15(12-13)21(19,20)18-10-2-1-3-11-18/h6-7,12H,1-5,8-11,16H2. The van der Waals surface area contributed by atoms with Gasteiger partial charge in [-0.15, -0.1) is 0 Å². The van der Waals surface area contributed by atoms with Crippen molar-refractivity contribution in [1.29, 1.82) is 0 Å². The maximum Gasteiger partial charge on any atom is 0.245 e. The Labute approximate surface area is 126 Å². The van der Waals surface area contributed by atoms with E-state index < -0.39 is 10.0 Å². The number of nitrogens with zero attached hydrogens (tertiary/aromatic N) is 2. The van der Waals surface area contributed by atoms with Crippen molar-refractivity contribution in [2.24, 2.45) is 0 Å². The molecule has 6 heteroatoms. The first-order valence-corrected chi connectivity index (χ1v) is 9.18. The molecule has 0 amide bonds. The molecule has 21 heavy (non-hydrogen) atoms. The van der Waals surface area contributed by atoms with Crippen molar-refractivity contribution >= 4 is 21.4 Å². The van der Waals surface area contributed by atoms with Gasteiger partial charge in [-0.2, -0.15) is 4.31 Å². The smallest absolute Gasteiger partial charge is 0.245 e. The fraction of sp³-hybridized carbons (Fsp3) is 0.600. The average molecular weight is 309 g/mol. The van der Waals surface area contributed by atoms with Crippen molar-refractivity contribution in [3.63, 3.8) is 0 Å². The van der Waals surface area contributed by atoms with Crippen molar-refractivity contribution in [3.8, 4) is 0 Å². The largest absolute Gasteiger partial charge is 0.399 e. The van der Waals surface area contributed by atoms with E-state index in [-0.39, 0.29) is 0 Å². The van der Waals surface area contributed by atoms with Gasteiger partial charge in [0.15, 0.2) is 0 Å². The SMILES string of the molecule is Nc1ccc(N2CCCC2)c(S(=O)(=O)N2CCCCC2)c1. The van der Waals surface area contributed by atoms with Crippen molar-refractivity contribution in [2.45, 2.75) is 37.0 Å². The van der Waals surface area contributed by atoms with Crippen LogP contribution in [0.1, 0.15) is 32.1 Å². The Bertz CT molecular complexity index is 603. The quantitative estimate of drug-likeness (QED) is 0.868. The van der Waals surface area contributed by atoms with Crippen LogP contribution in [0.4, 0.5) is 11.4 Å². The van der Waals surface area contributed by atoms with Crippen LogP contribution >= 0.6 is 0 Å². The van der Waals surface area contributed by atoms with Gasteiger partial charge in [-0.1, -0.05) is 6.42 Å². The minimum absolute atomic E-state index is 0.381. The molecule has 0 aromatic heterocycles. The van der Waals surface area contributed by atoms with Crippen molar-refractivity contribution in [3.05, 3.63) is 18.2 Å². The second-order valence-corrected chi connectivity index (χ2v) is 7.79. The average Bonchev–Trinajstić information content (AvgIpc) is 3.02. The third-order valence-corrected chi connectivity index (χ3v) is 6.29. The van der Waals surface area contributed by atoms with E-state index in [1.807, 2.05) is 6.07 Å². The molecule has 1 aromatic carbocycles. The summed E-state index contributed by atoms with van der Waals surface area (Å²) in [4.78, 5) is 2.54. The molecule has 116 valence electrons. The van der Waals surface area contributed by atoms with Crippen LogP contribution in [0.25, 0.3) is 0 Å². The molecule has 0 unspecified atom stereocenters. The van der Waals surface area contributed by atoms with Gasteiger partial charge in [0.25, 0.3) is 0 Å². The van der Waals surface area contributed by atoms with Crippen LogP contribution in [0.2, 0.25) is 0 Å². The normalized spacial score (nSPS) is 20.9. The Morgan fingerprint density at radius 1 is 0.905 bits per heavy atom. The molecule has 5 nitrogen and oxygen atoms in total. The van der Waals surface area contributed by atoms with Gasteiger partial charge in [0.1, 0.15) is 4.90 Å². The number of nitrogen functional groups attached to an aromatic ring is 1. The summed E-state index contributed by atoms with van der Waals surface area (Å²) in [6, 6.07) is 5.28. The number of benzene rings is 1. The van der Waals surface area contributed by atoms with Crippen LogP contribution in [0.5, 0.6) is 0 Å². The van der Waals surface area contributed by atoms with Gasteiger partial charge < -0.3 is 10.6 Å². The Hall–Kier alpha value is -1.27. The van der Waals surface area contributed by atoms with Crippen molar-refractivity contribution < 1.29 is 8.42 Å². The summed E-state index contributed by atoms with van der Waals surface area (Å²) in [6.45, 7) is 3.09. The molecule has 0 spiro atoms. The number of rotatable bonds is 3. The third kappa shape index (κ3) is 2.87. The zero-order chi connectivity index (χ0) is 14.9. The minimum atomic E-state index is -3.44. The lowest BCUT2D eigenvalue weighted by molar-refractivity contribution is 0.346. The molecular weight excluding hydrogens is 286 g/mol. The lowest BCUT2D eigenvalue weighted by atomic mass is 10.2. The number of hydrogen-bond donors (Lipinski definition) is 1. The van der Waals surface area contributed by atoms with Gasteiger partial charge in [0.05, 0.1) is 5.69 Å². The van der Waals surface area contributed by atoms with E-state index in [1.54, 1.807) is 16.4 Å². The molecule has 1 aromatic rings. The highest BCUT2D eigenvalue weighted by Gasteiger charge is 2.30. The first-order valence-electron chi connectivity index (χ1n) is 7.74. The van der Waals surface area contributed by atoms with E-state index in [9.17, 15) is 8.42 Å². The molecule has 2 N–H and O–H groups in total. The van der Waals surface area contributed by atoms with Gasteiger partial charge in [-0.3, -0.25) is 0 Å². The van der Waals surface area contributed by atoms with Crippen LogP contribution in [0.3, 0.4) is 0 Å². The Morgan fingerprint density at radius 3 is 2.19 bits per heavy atom. The minimum Gasteiger partial charge on any atom is -0.399 e. The zero-order valence-corrected chi connectivity index (χ0v) is 13.1. The summed E-state index contributed by atoms with van der Waals surface area (Å²) in [5.41, 5.74) is 7.17. The van der Waals surface area contributed by atoms with E-state index in [0.717, 1.165) is 50.9 Å². The topological polar surface area (TPSA) is 66.6 Å². The summed E-state index contributed by atoms with van der Waals surface area (Å²) in [6.07, 6.45) is 5.24. The summed E-state index contributed by atoms with van der Waals surface area (Å²) in [7, 11) is -3.44. The summed E-state index contributed by atoms with van der Waals surface area (Å²) < 4.78 is 27.5. The summed E-state index contributed by atoms with van der Waals surface area (Å²) in [5, 5.41) is 0. The maximum atomic E-state index is 13.0. The second-order valence-electron chi connectivity index (χ2n) is 5.89. The van der Waals surface area contributed by atoms with Crippen LogP contribution in [0.15, 0.2) is 23.1 Å². The molecule has 2 heterocycles. The van der Waals surface area contributed by atoms with E-state index in [1.165, 1.54) is 0 Å². The van der Waals surface area contributed by atoms with Gasteiger partial charge in [-0.05, 0) is 43.9 Å².